The number of nitrogens with zero attached hydrogens (tertiary/aromatic N) is 1. The lowest BCUT2D eigenvalue weighted by Crippen LogP contribution is -2.60. The molecule has 0 aliphatic carbocycles. The summed E-state index contributed by atoms with van der Waals surface area (Å²) in [7, 11) is 0. The molecule has 1 aromatic carbocycles. The molecule has 0 radical (unpaired) electrons. The molecule has 0 saturated carbocycles. The van der Waals surface area contributed by atoms with Gasteiger partial charge in [-0.25, -0.2) is 0 Å². The lowest BCUT2D eigenvalue weighted by molar-refractivity contribution is 0.0831. The van der Waals surface area contributed by atoms with E-state index in [1.807, 2.05) is 0 Å². The van der Waals surface area contributed by atoms with E-state index in [4.69, 9.17) is 0 Å². The number of benzene rings is 1. The maximum absolute atomic E-state index is 3.79. The summed E-state index contributed by atoms with van der Waals surface area (Å²) in [6, 6.07) is 12.2. The fraction of sp³-hybridized carbons (Fsp3) is 0.684. The Balaban J connectivity index is 1.97. The Labute approximate surface area is 130 Å². The fourth-order valence-electron chi connectivity index (χ4n) is 3.35. The molecule has 2 rings (SSSR count). The smallest absolute Gasteiger partial charge is 0.0244 e. The van der Waals surface area contributed by atoms with E-state index in [0.717, 1.165) is 18.9 Å². The van der Waals surface area contributed by atoms with Gasteiger partial charge in [-0.05, 0) is 23.8 Å². The third kappa shape index (κ3) is 4.55. The van der Waals surface area contributed by atoms with Gasteiger partial charge in [0.05, 0.1) is 0 Å². The first kappa shape index (κ1) is 16.5. The van der Waals surface area contributed by atoms with Crippen LogP contribution in [-0.4, -0.2) is 36.6 Å². The molecule has 118 valence electrons. The van der Waals surface area contributed by atoms with Gasteiger partial charge >= 0.3 is 0 Å². The third-order valence-corrected chi connectivity index (χ3v) is 5.12. The van der Waals surface area contributed by atoms with E-state index in [-0.39, 0.29) is 0 Å². The summed E-state index contributed by atoms with van der Waals surface area (Å²) in [6.45, 7) is 12.9. The van der Waals surface area contributed by atoms with Crippen molar-refractivity contribution in [1.29, 1.82) is 0 Å². The van der Waals surface area contributed by atoms with E-state index in [9.17, 15) is 0 Å². The minimum Gasteiger partial charge on any atom is -0.311 e. The fourth-order valence-corrected chi connectivity index (χ4v) is 3.35. The van der Waals surface area contributed by atoms with E-state index in [1.54, 1.807) is 0 Å². The van der Waals surface area contributed by atoms with Crippen LogP contribution in [0.25, 0.3) is 0 Å². The summed E-state index contributed by atoms with van der Waals surface area (Å²) in [4.78, 5) is 2.73. The molecule has 1 fully saturated rings. The molecule has 1 aliphatic rings. The number of hydrogen-bond acceptors (Lipinski definition) is 2. The van der Waals surface area contributed by atoms with Gasteiger partial charge in [0.25, 0.3) is 0 Å². The van der Waals surface area contributed by atoms with E-state index in [1.165, 1.54) is 25.1 Å². The van der Waals surface area contributed by atoms with Gasteiger partial charge in [0, 0.05) is 31.7 Å². The van der Waals surface area contributed by atoms with Crippen molar-refractivity contribution in [2.45, 2.75) is 52.6 Å². The lowest BCUT2D eigenvalue weighted by atomic mass is 9.92. The first-order valence-electron chi connectivity index (χ1n) is 8.63. The second-order valence-electron chi connectivity index (χ2n) is 6.94. The quantitative estimate of drug-likeness (QED) is 0.861. The maximum atomic E-state index is 3.79. The molecule has 0 bridgehead atoms. The molecule has 0 spiro atoms. The van der Waals surface area contributed by atoms with E-state index >= 15 is 0 Å². The summed E-state index contributed by atoms with van der Waals surface area (Å²) in [5.41, 5.74) is 1.46. The highest BCUT2D eigenvalue weighted by molar-refractivity contribution is 5.15. The summed E-state index contributed by atoms with van der Waals surface area (Å²) < 4.78 is 0. The molecule has 2 heteroatoms. The minimum atomic E-state index is 0.653. The monoisotopic (exact) mass is 288 g/mol. The Hall–Kier alpha value is -0.860. The molecule has 3 atom stereocenters. The van der Waals surface area contributed by atoms with Gasteiger partial charge < -0.3 is 5.32 Å². The van der Waals surface area contributed by atoms with Gasteiger partial charge in [0.2, 0.25) is 0 Å². The maximum Gasteiger partial charge on any atom is 0.0244 e. The van der Waals surface area contributed by atoms with Gasteiger partial charge in [-0.3, -0.25) is 4.90 Å². The van der Waals surface area contributed by atoms with Crippen molar-refractivity contribution in [3.8, 4) is 0 Å². The van der Waals surface area contributed by atoms with Crippen molar-refractivity contribution in [3.63, 3.8) is 0 Å². The first-order chi connectivity index (χ1) is 10.1. The zero-order valence-corrected chi connectivity index (χ0v) is 14.2. The van der Waals surface area contributed by atoms with Crippen molar-refractivity contribution < 1.29 is 0 Å². The Morgan fingerprint density at radius 2 is 1.90 bits per heavy atom. The summed E-state index contributed by atoms with van der Waals surface area (Å²) in [5, 5.41) is 3.79. The molecular weight excluding hydrogens is 256 g/mol. The predicted molar refractivity (Wildman–Crippen MR) is 91.6 cm³/mol. The van der Waals surface area contributed by atoms with Crippen LogP contribution in [0.2, 0.25) is 0 Å². The van der Waals surface area contributed by atoms with Crippen molar-refractivity contribution >= 4 is 0 Å². The molecule has 1 aliphatic heterocycles. The second-order valence-corrected chi connectivity index (χ2v) is 6.94. The van der Waals surface area contributed by atoms with Crippen LogP contribution in [0.3, 0.4) is 0 Å². The van der Waals surface area contributed by atoms with Crippen LogP contribution in [0.5, 0.6) is 0 Å². The van der Waals surface area contributed by atoms with Crippen molar-refractivity contribution in [1.82, 2.24) is 10.2 Å². The number of nitrogens with one attached hydrogen (secondary N) is 1. The SMILES string of the molecule is CCC(C)C1CN(CCc2ccccc2)C(C(C)C)CN1. The van der Waals surface area contributed by atoms with Gasteiger partial charge in [-0.2, -0.15) is 0 Å². The Kier molecular flexibility index (Phi) is 6.25. The predicted octanol–water partition coefficient (Wildman–Crippen LogP) is 3.57. The summed E-state index contributed by atoms with van der Waals surface area (Å²) in [5.74, 6) is 1.48. The molecule has 1 aromatic rings. The molecule has 0 aromatic heterocycles. The zero-order chi connectivity index (χ0) is 15.2. The zero-order valence-electron chi connectivity index (χ0n) is 14.2. The molecule has 3 unspecified atom stereocenters. The topological polar surface area (TPSA) is 15.3 Å². The van der Waals surface area contributed by atoms with Crippen LogP contribution in [-0.2, 0) is 6.42 Å². The van der Waals surface area contributed by atoms with Crippen LogP contribution >= 0.6 is 0 Å². The largest absolute Gasteiger partial charge is 0.311 e. The Bertz CT molecular complexity index is 401. The Morgan fingerprint density at radius 3 is 2.52 bits per heavy atom. The van der Waals surface area contributed by atoms with Crippen molar-refractivity contribution in [3.05, 3.63) is 35.9 Å². The van der Waals surface area contributed by atoms with Gasteiger partial charge in [0.1, 0.15) is 0 Å². The number of rotatable bonds is 6. The third-order valence-electron chi connectivity index (χ3n) is 5.12. The highest BCUT2D eigenvalue weighted by atomic mass is 15.2. The van der Waals surface area contributed by atoms with Gasteiger partial charge in [-0.1, -0.05) is 64.4 Å². The highest BCUT2D eigenvalue weighted by Gasteiger charge is 2.31. The van der Waals surface area contributed by atoms with Crippen molar-refractivity contribution in [2.75, 3.05) is 19.6 Å². The van der Waals surface area contributed by atoms with E-state index in [2.05, 4.69) is 68.2 Å². The highest BCUT2D eigenvalue weighted by Crippen LogP contribution is 2.20. The lowest BCUT2D eigenvalue weighted by Gasteiger charge is -2.44. The normalized spacial score (nSPS) is 25.2. The van der Waals surface area contributed by atoms with Crippen LogP contribution in [0.15, 0.2) is 30.3 Å². The van der Waals surface area contributed by atoms with Crippen LogP contribution in [0, 0.1) is 11.8 Å². The minimum absolute atomic E-state index is 0.653. The molecule has 21 heavy (non-hydrogen) atoms. The number of hydrogen-bond donors (Lipinski definition) is 1. The molecule has 1 heterocycles. The molecule has 0 amide bonds. The first-order valence-corrected chi connectivity index (χ1v) is 8.63. The molecule has 1 saturated heterocycles. The standard InChI is InChI=1S/C19H32N2/c1-5-16(4)18-14-21(19(13-20-18)15(2)3)12-11-17-9-7-6-8-10-17/h6-10,15-16,18-20H,5,11-14H2,1-4H3. The molecular formula is C19H32N2. The summed E-state index contributed by atoms with van der Waals surface area (Å²) >= 11 is 0. The van der Waals surface area contributed by atoms with E-state index < -0.39 is 0 Å². The average Bonchev–Trinajstić information content (AvgIpc) is 2.52. The van der Waals surface area contributed by atoms with Gasteiger partial charge in [-0.15, -0.1) is 0 Å². The van der Waals surface area contributed by atoms with Crippen LogP contribution < -0.4 is 5.32 Å². The molecule has 1 N–H and O–H groups in total. The van der Waals surface area contributed by atoms with Crippen LogP contribution in [0.4, 0.5) is 0 Å². The van der Waals surface area contributed by atoms with Crippen LogP contribution in [0.1, 0.15) is 39.7 Å². The van der Waals surface area contributed by atoms with E-state index in [0.29, 0.717) is 18.0 Å². The number of piperazine rings is 1. The second kappa shape index (κ2) is 7.95. The molecule has 2 nitrogen and oxygen atoms in total. The average molecular weight is 288 g/mol. The van der Waals surface area contributed by atoms with Gasteiger partial charge in [0.15, 0.2) is 0 Å². The van der Waals surface area contributed by atoms with Crippen molar-refractivity contribution in [2.24, 2.45) is 11.8 Å². The Morgan fingerprint density at radius 1 is 1.19 bits per heavy atom. The summed E-state index contributed by atoms with van der Waals surface area (Å²) in [6.07, 6.45) is 2.42.